The van der Waals surface area contributed by atoms with E-state index in [9.17, 15) is 4.79 Å². The van der Waals surface area contributed by atoms with Gasteiger partial charge in [-0.05, 0) is 12.6 Å². The van der Waals surface area contributed by atoms with Gasteiger partial charge in [-0.3, -0.25) is 14.4 Å². The zero-order valence-corrected chi connectivity index (χ0v) is 10.4. The van der Waals surface area contributed by atoms with Crippen molar-refractivity contribution in [2.45, 2.75) is 19.4 Å². The van der Waals surface area contributed by atoms with Gasteiger partial charge in [0.05, 0.1) is 18.7 Å². The maximum absolute atomic E-state index is 12.0. The highest BCUT2D eigenvalue weighted by molar-refractivity contribution is 5.85. The molecule has 0 aliphatic carbocycles. The number of rotatable bonds is 4. The third kappa shape index (κ3) is 3.14. The lowest BCUT2D eigenvalue weighted by atomic mass is 10.1. The maximum atomic E-state index is 12.0. The van der Waals surface area contributed by atoms with Gasteiger partial charge >= 0.3 is 0 Å². The van der Waals surface area contributed by atoms with Crippen LogP contribution in [-0.2, 0) is 23.0 Å². The molecule has 1 aliphatic heterocycles. The highest BCUT2D eigenvalue weighted by atomic mass is 16.5. The van der Waals surface area contributed by atoms with E-state index in [0.29, 0.717) is 19.6 Å². The Kier molecular flexibility index (Phi) is 3.91. The Bertz CT molecular complexity index is 389. The molecule has 1 unspecified atom stereocenters. The smallest absolute Gasteiger partial charge is 0.168 e. The van der Waals surface area contributed by atoms with Crippen LogP contribution in [0.3, 0.4) is 0 Å². The lowest BCUT2D eigenvalue weighted by molar-refractivity contribution is -0.135. The Morgan fingerprint density at radius 3 is 3.12 bits per heavy atom. The van der Waals surface area contributed by atoms with Crippen LogP contribution in [0, 0.1) is 0 Å². The molecule has 0 spiro atoms. The zero-order valence-electron chi connectivity index (χ0n) is 10.4. The Morgan fingerprint density at radius 1 is 1.65 bits per heavy atom. The second-order valence-corrected chi connectivity index (χ2v) is 4.38. The van der Waals surface area contributed by atoms with Crippen molar-refractivity contribution in [2.24, 2.45) is 7.05 Å². The van der Waals surface area contributed by atoms with E-state index in [0.717, 1.165) is 18.8 Å². The number of morpholine rings is 1. The molecule has 1 fully saturated rings. The van der Waals surface area contributed by atoms with E-state index in [2.05, 4.69) is 16.9 Å². The fraction of sp³-hybridized carbons (Fsp3) is 0.667. The van der Waals surface area contributed by atoms with Crippen molar-refractivity contribution in [3.8, 4) is 0 Å². The minimum Gasteiger partial charge on any atom is -0.368 e. The van der Waals surface area contributed by atoms with Crippen molar-refractivity contribution in [1.29, 1.82) is 0 Å². The van der Waals surface area contributed by atoms with Crippen molar-refractivity contribution in [3.63, 3.8) is 0 Å². The number of likely N-dealkylation sites (N-methyl/N-ethyl adjacent to an activating group) is 1. The summed E-state index contributed by atoms with van der Waals surface area (Å²) in [5.41, 5.74) is 0.815. The molecule has 0 aromatic carbocycles. The minimum absolute atomic E-state index is 0.127. The topological polar surface area (TPSA) is 47.4 Å². The first-order valence-electron chi connectivity index (χ1n) is 6.04. The van der Waals surface area contributed by atoms with Gasteiger partial charge in [-0.15, -0.1) is 0 Å². The number of ketones is 1. The van der Waals surface area contributed by atoms with Crippen LogP contribution in [0.2, 0.25) is 0 Å². The summed E-state index contributed by atoms with van der Waals surface area (Å²) in [4.78, 5) is 14.3. The van der Waals surface area contributed by atoms with E-state index in [1.807, 2.05) is 19.3 Å². The SMILES string of the molecule is CCN1CCOC(C(=O)Cc2ccn(C)n2)C1. The lowest BCUT2D eigenvalue weighted by Gasteiger charge is -2.31. The molecular formula is C12H19N3O2. The van der Waals surface area contributed by atoms with Crippen molar-refractivity contribution in [2.75, 3.05) is 26.2 Å². The number of ether oxygens (including phenoxy) is 1. The fourth-order valence-corrected chi connectivity index (χ4v) is 2.03. The molecule has 1 aromatic heterocycles. The minimum atomic E-state index is -0.286. The average Bonchev–Trinajstić information content (AvgIpc) is 2.75. The van der Waals surface area contributed by atoms with Crippen LogP contribution >= 0.6 is 0 Å². The zero-order chi connectivity index (χ0) is 12.3. The van der Waals surface area contributed by atoms with Gasteiger partial charge < -0.3 is 4.74 Å². The molecule has 0 saturated carbocycles. The van der Waals surface area contributed by atoms with Gasteiger partial charge in [-0.2, -0.15) is 5.10 Å². The fourth-order valence-electron chi connectivity index (χ4n) is 2.03. The monoisotopic (exact) mass is 237 g/mol. The van der Waals surface area contributed by atoms with Crippen LogP contribution in [0.15, 0.2) is 12.3 Å². The molecule has 5 nitrogen and oxygen atoms in total. The number of Topliss-reactive ketones (excluding diaryl/α,β-unsaturated/α-hetero) is 1. The summed E-state index contributed by atoms with van der Waals surface area (Å²) >= 11 is 0. The van der Waals surface area contributed by atoms with Crippen molar-refractivity contribution in [1.82, 2.24) is 14.7 Å². The van der Waals surface area contributed by atoms with Crippen LogP contribution in [-0.4, -0.2) is 52.8 Å². The van der Waals surface area contributed by atoms with Crippen LogP contribution < -0.4 is 0 Å². The molecule has 5 heteroatoms. The van der Waals surface area contributed by atoms with Gasteiger partial charge in [-0.25, -0.2) is 0 Å². The van der Waals surface area contributed by atoms with Crippen molar-refractivity contribution < 1.29 is 9.53 Å². The van der Waals surface area contributed by atoms with Gasteiger partial charge in [0.1, 0.15) is 6.10 Å². The predicted molar refractivity (Wildman–Crippen MR) is 63.8 cm³/mol. The molecule has 0 N–H and O–H groups in total. The van der Waals surface area contributed by atoms with Crippen molar-refractivity contribution >= 4 is 5.78 Å². The van der Waals surface area contributed by atoms with E-state index in [1.165, 1.54) is 0 Å². The quantitative estimate of drug-likeness (QED) is 0.753. The summed E-state index contributed by atoms with van der Waals surface area (Å²) in [5, 5.41) is 4.21. The summed E-state index contributed by atoms with van der Waals surface area (Å²) in [7, 11) is 1.85. The molecular weight excluding hydrogens is 218 g/mol. The third-order valence-electron chi connectivity index (χ3n) is 3.08. The molecule has 1 aliphatic rings. The Hall–Kier alpha value is -1.20. The van der Waals surface area contributed by atoms with E-state index in [-0.39, 0.29) is 11.9 Å². The largest absolute Gasteiger partial charge is 0.368 e. The van der Waals surface area contributed by atoms with Gasteiger partial charge in [0.25, 0.3) is 0 Å². The third-order valence-corrected chi connectivity index (χ3v) is 3.08. The molecule has 1 atom stereocenters. The first-order valence-corrected chi connectivity index (χ1v) is 6.04. The highest BCUT2D eigenvalue weighted by Gasteiger charge is 2.26. The molecule has 17 heavy (non-hydrogen) atoms. The van der Waals surface area contributed by atoms with Crippen LogP contribution in [0.1, 0.15) is 12.6 Å². The van der Waals surface area contributed by atoms with Crippen molar-refractivity contribution in [3.05, 3.63) is 18.0 Å². The molecule has 0 radical (unpaired) electrons. The van der Waals surface area contributed by atoms with Gasteiger partial charge in [-0.1, -0.05) is 6.92 Å². The first kappa shape index (κ1) is 12.3. The Labute approximate surface area is 101 Å². The molecule has 94 valence electrons. The van der Waals surface area contributed by atoms with E-state index >= 15 is 0 Å². The van der Waals surface area contributed by atoms with Crippen LogP contribution in [0.25, 0.3) is 0 Å². The number of carbonyl (C=O) groups is 1. The standard InChI is InChI=1S/C12H19N3O2/c1-3-15-6-7-17-12(9-15)11(16)8-10-4-5-14(2)13-10/h4-5,12H,3,6-9H2,1-2H3. The van der Waals surface area contributed by atoms with Crippen LogP contribution in [0.5, 0.6) is 0 Å². The number of hydrogen-bond acceptors (Lipinski definition) is 4. The number of carbonyl (C=O) groups excluding carboxylic acids is 1. The second-order valence-electron chi connectivity index (χ2n) is 4.38. The summed E-state index contributed by atoms with van der Waals surface area (Å²) in [6.45, 7) is 5.35. The predicted octanol–water partition coefficient (Wildman–Crippen LogP) is 0.252. The maximum Gasteiger partial charge on any atom is 0.168 e. The van der Waals surface area contributed by atoms with E-state index in [1.54, 1.807) is 4.68 Å². The van der Waals surface area contributed by atoms with E-state index < -0.39 is 0 Å². The molecule has 0 amide bonds. The molecule has 2 heterocycles. The second kappa shape index (κ2) is 5.42. The van der Waals surface area contributed by atoms with E-state index in [4.69, 9.17) is 4.74 Å². The number of hydrogen-bond donors (Lipinski definition) is 0. The summed E-state index contributed by atoms with van der Waals surface area (Å²) in [6, 6.07) is 1.87. The lowest BCUT2D eigenvalue weighted by Crippen LogP contribution is -2.46. The molecule has 2 rings (SSSR count). The summed E-state index contributed by atoms with van der Waals surface area (Å²) in [6.07, 6.45) is 1.93. The number of aromatic nitrogens is 2. The van der Waals surface area contributed by atoms with Gasteiger partial charge in [0.15, 0.2) is 5.78 Å². The molecule has 1 aromatic rings. The van der Waals surface area contributed by atoms with Gasteiger partial charge in [0, 0.05) is 26.3 Å². The highest BCUT2D eigenvalue weighted by Crippen LogP contribution is 2.08. The summed E-state index contributed by atoms with van der Waals surface area (Å²) < 4.78 is 7.24. The number of aryl methyl sites for hydroxylation is 1. The Balaban J connectivity index is 1.91. The first-order chi connectivity index (χ1) is 8.19. The average molecular weight is 237 g/mol. The summed E-state index contributed by atoms with van der Waals surface area (Å²) in [5.74, 6) is 0.127. The van der Waals surface area contributed by atoms with Gasteiger partial charge in [0.2, 0.25) is 0 Å². The number of nitrogens with zero attached hydrogens (tertiary/aromatic N) is 3. The Morgan fingerprint density at radius 2 is 2.47 bits per heavy atom. The molecule has 0 bridgehead atoms. The molecule has 1 saturated heterocycles. The normalized spacial score (nSPS) is 21.6. The van der Waals surface area contributed by atoms with Crippen LogP contribution in [0.4, 0.5) is 0 Å².